The number of allylic oxidation sites excluding steroid dienone is 1. The van der Waals surface area contributed by atoms with Crippen LogP contribution in [-0.2, 0) is 16.8 Å². The summed E-state index contributed by atoms with van der Waals surface area (Å²) in [7, 11) is 4.35. The zero-order valence-electron chi connectivity index (χ0n) is 17.8. The van der Waals surface area contributed by atoms with E-state index in [4.69, 9.17) is 5.11 Å². The standard InChI is InChI=1S/C26H30N2O2/c1-28(2)26(20-9-4-3-5-10-20)17-15-19(16-18-26)25-22(12-8-14-24(29)30)21-11-6-7-13-23(21)27-25/h3-7,9-11,13,15,27H,8,12,14,16-18H2,1-2H3,(H,29,30). The van der Waals surface area contributed by atoms with Crippen LogP contribution in [0.3, 0.4) is 0 Å². The lowest BCUT2D eigenvalue weighted by molar-refractivity contribution is -0.137. The van der Waals surface area contributed by atoms with Gasteiger partial charge >= 0.3 is 5.97 Å². The van der Waals surface area contributed by atoms with Crippen molar-refractivity contribution in [2.45, 2.75) is 44.1 Å². The Morgan fingerprint density at radius 3 is 2.50 bits per heavy atom. The van der Waals surface area contributed by atoms with Crippen LogP contribution in [0.5, 0.6) is 0 Å². The SMILES string of the molecule is CN(C)C1(c2ccccc2)CC=C(c2[nH]c3ccccc3c2CCCC(=O)O)CC1. The number of carboxylic acids is 1. The summed E-state index contributed by atoms with van der Waals surface area (Å²) in [4.78, 5) is 17.0. The van der Waals surface area contributed by atoms with Gasteiger partial charge in [0.25, 0.3) is 0 Å². The molecule has 0 saturated heterocycles. The van der Waals surface area contributed by atoms with Gasteiger partial charge in [-0.2, -0.15) is 0 Å². The van der Waals surface area contributed by atoms with Gasteiger partial charge in [-0.25, -0.2) is 0 Å². The van der Waals surface area contributed by atoms with Crippen LogP contribution in [0.15, 0.2) is 60.7 Å². The number of hydrogen-bond acceptors (Lipinski definition) is 2. The lowest BCUT2D eigenvalue weighted by Crippen LogP contribution is -2.42. The number of para-hydroxylation sites is 1. The van der Waals surface area contributed by atoms with E-state index in [0.717, 1.165) is 31.2 Å². The maximum absolute atomic E-state index is 11.0. The fourth-order valence-corrected chi connectivity index (χ4v) is 4.89. The van der Waals surface area contributed by atoms with Crippen LogP contribution in [0.2, 0.25) is 0 Å². The van der Waals surface area contributed by atoms with Gasteiger partial charge in [-0.1, -0.05) is 54.6 Å². The van der Waals surface area contributed by atoms with Crippen LogP contribution in [-0.4, -0.2) is 35.1 Å². The molecule has 1 aliphatic carbocycles. The second-order valence-corrected chi connectivity index (χ2v) is 8.50. The third-order valence-corrected chi connectivity index (χ3v) is 6.61. The number of benzene rings is 2. The van der Waals surface area contributed by atoms with E-state index in [2.05, 4.69) is 78.6 Å². The molecule has 0 amide bonds. The van der Waals surface area contributed by atoms with Gasteiger partial charge in [-0.05, 0) is 69.0 Å². The lowest BCUT2D eigenvalue weighted by atomic mass is 9.75. The molecule has 2 aromatic carbocycles. The third kappa shape index (κ3) is 3.80. The minimum Gasteiger partial charge on any atom is -0.481 e. The first kappa shape index (κ1) is 20.4. The molecule has 0 fully saturated rings. The third-order valence-electron chi connectivity index (χ3n) is 6.61. The second kappa shape index (κ2) is 8.49. The molecule has 1 atom stereocenters. The van der Waals surface area contributed by atoms with Crippen molar-refractivity contribution in [1.29, 1.82) is 0 Å². The number of rotatable bonds is 7. The van der Waals surface area contributed by atoms with E-state index in [1.165, 1.54) is 27.8 Å². The molecule has 1 unspecified atom stereocenters. The van der Waals surface area contributed by atoms with Gasteiger partial charge in [-0.15, -0.1) is 0 Å². The van der Waals surface area contributed by atoms with Crippen LogP contribution >= 0.6 is 0 Å². The fourth-order valence-electron chi connectivity index (χ4n) is 4.89. The minimum absolute atomic E-state index is 0.0141. The number of carboxylic acid groups (broad SMARTS) is 1. The summed E-state index contributed by atoms with van der Waals surface area (Å²) < 4.78 is 0. The molecule has 1 aromatic heterocycles. The molecule has 156 valence electrons. The van der Waals surface area contributed by atoms with E-state index in [9.17, 15) is 4.79 Å². The molecule has 0 spiro atoms. The average molecular weight is 403 g/mol. The van der Waals surface area contributed by atoms with Crippen molar-refractivity contribution >= 4 is 22.4 Å². The molecule has 1 heterocycles. The van der Waals surface area contributed by atoms with Crippen LogP contribution in [0.4, 0.5) is 0 Å². The molecule has 0 radical (unpaired) electrons. The van der Waals surface area contributed by atoms with E-state index in [-0.39, 0.29) is 12.0 Å². The monoisotopic (exact) mass is 402 g/mol. The molecule has 3 aromatic rings. The summed E-state index contributed by atoms with van der Waals surface area (Å²) in [5.74, 6) is -0.730. The maximum Gasteiger partial charge on any atom is 0.303 e. The number of aryl methyl sites for hydroxylation is 1. The van der Waals surface area contributed by atoms with Gasteiger partial charge in [0, 0.05) is 28.6 Å². The first-order valence-electron chi connectivity index (χ1n) is 10.7. The maximum atomic E-state index is 11.0. The van der Waals surface area contributed by atoms with E-state index < -0.39 is 5.97 Å². The number of H-pyrrole nitrogens is 1. The zero-order valence-corrected chi connectivity index (χ0v) is 17.8. The number of carbonyl (C=O) groups is 1. The Bertz CT molecular complexity index is 1070. The Hall–Kier alpha value is -2.85. The Morgan fingerprint density at radius 1 is 1.10 bits per heavy atom. The van der Waals surface area contributed by atoms with Crippen molar-refractivity contribution in [3.05, 3.63) is 77.5 Å². The Balaban J connectivity index is 1.68. The molecule has 0 aliphatic heterocycles. The van der Waals surface area contributed by atoms with Crippen LogP contribution in [0, 0.1) is 0 Å². The highest BCUT2D eigenvalue weighted by Crippen LogP contribution is 2.43. The van der Waals surface area contributed by atoms with Crippen LogP contribution < -0.4 is 0 Å². The highest BCUT2D eigenvalue weighted by atomic mass is 16.4. The number of fused-ring (bicyclic) bond motifs is 1. The van der Waals surface area contributed by atoms with Crippen LogP contribution in [0.25, 0.3) is 16.5 Å². The Morgan fingerprint density at radius 2 is 1.83 bits per heavy atom. The van der Waals surface area contributed by atoms with Crippen molar-refractivity contribution < 1.29 is 9.90 Å². The lowest BCUT2D eigenvalue weighted by Gasteiger charge is -2.43. The zero-order chi connectivity index (χ0) is 21.1. The van der Waals surface area contributed by atoms with Crippen molar-refractivity contribution in [3.8, 4) is 0 Å². The summed E-state index contributed by atoms with van der Waals surface area (Å²) in [6.07, 6.45) is 7.04. The number of aliphatic carboxylic acids is 1. The number of aromatic amines is 1. The molecule has 0 saturated carbocycles. The van der Waals surface area contributed by atoms with Gasteiger partial charge in [0.1, 0.15) is 0 Å². The predicted octanol–water partition coefficient (Wildman–Crippen LogP) is 5.60. The molecule has 4 nitrogen and oxygen atoms in total. The highest BCUT2D eigenvalue weighted by Gasteiger charge is 2.36. The summed E-state index contributed by atoms with van der Waals surface area (Å²) in [6.45, 7) is 0. The molecule has 2 N–H and O–H groups in total. The highest BCUT2D eigenvalue weighted by molar-refractivity contribution is 5.89. The van der Waals surface area contributed by atoms with E-state index in [0.29, 0.717) is 6.42 Å². The van der Waals surface area contributed by atoms with Gasteiger partial charge in [0.05, 0.1) is 0 Å². The average Bonchev–Trinajstić information content (AvgIpc) is 3.13. The summed E-state index contributed by atoms with van der Waals surface area (Å²) in [5.41, 5.74) is 6.32. The predicted molar refractivity (Wildman–Crippen MR) is 123 cm³/mol. The van der Waals surface area contributed by atoms with E-state index in [1.54, 1.807) is 0 Å². The molecule has 4 heteroatoms. The molecule has 1 aliphatic rings. The van der Waals surface area contributed by atoms with Gasteiger partial charge in [-0.3, -0.25) is 9.69 Å². The fraction of sp³-hybridized carbons (Fsp3) is 0.346. The van der Waals surface area contributed by atoms with E-state index in [1.807, 2.05) is 6.07 Å². The number of nitrogens with one attached hydrogen (secondary N) is 1. The number of aromatic nitrogens is 1. The van der Waals surface area contributed by atoms with Gasteiger partial charge in [0.2, 0.25) is 0 Å². The molecule has 4 rings (SSSR count). The number of hydrogen-bond donors (Lipinski definition) is 2. The first-order valence-corrected chi connectivity index (χ1v) is 10.7. The topological polar surface area (TPSA) is 56.3 Å². The van der Waals surface area contributed by atoms with Gasteiger partial charge in [0.15, 0.2) is 0 Å². The van der Waals surface area contributed by atoms with Crippen LogP contribution in [0.1, 0.15) is 48.9 Å². The van der Waals surface area contributed by atoms with Crippen molar-refractivity contribution in [1.82, 2.24) is 9.88 Å². The quantitative estimate of drug-likeness (QED) is 0.541. The number of nitrogens with zero attached hydrogens (tertiary/aromatic N) is 1. The molecule has 30 heavy (non-hydrogen) atoms. The molecular weight excluding hydrogens is 372 g/mol. The summed E-state index contributed by atoms with van der Waals surface area (Å²) >= 11 is 0. The van der Waals surface area contributed by atoms with Crippen molar-refractivity contribution in [3.63, 3.8) is 0 Å². The molecule has 0 bridgehead atoms. The van der Waals surface area contributed by atoms with Gasteiger partial charge < -0.3 is 10.1 Å². The summed E-state index contributed by atoms with van der Waals surface area (Å²) in [6, 6.07) is 19.1. The Kier molecular flexibility index (Phi) is 5.78. The smallest absolute Gasteiger partial charge is 0.303 e. The first-order chi connectivity index (χ1) is 14.5. The summed E-state index contributed by atoms with van der Waals surface area (Å²) in [5, 5.41) is 10.3. The van der Waals surface area contributed by atoms with Crippen molar-refractivity contribution in [2.24, 2.45) is 0 Å². The Labute approximate surface area is 178 Å². The normalized spacial score (nSPS) is 19.2. The molecular formula is C26H30N2O2. The second-order valence-electron chi connectivity index (χ2n) is 8.50. The largest absolute Gasteiger partial charge is 0.481 e. The minimum atomic E-state index is -0.730. The van der Waals surface area contributed by atoms with E-state index >= 15 is 0 Å². The van der Waals surface area contributed by atoms with Crippen molar-refractivity contribution in [2.75, 3.05) is 14.1 Å².